The molecule has 114 valence electrons. The van der Waals surface area contributed by atoms with E-state index in [1.807, 2.05) is 0 Å². The molecule has 0 aliphatic heterocycles. The maximum absolute atomic E-state index is 11.8. The van der Waals surface area contributed by atoms with Crippen molar-refractivity contribution < 1.29 is 17.9 Å². The lowest BCUT2D eigenvalue weighted by molar-refractivity contribution is 0.0699. The summed E-state index contributed by atoms with van der Waals surface area (Å²) in [7, 11) is -1.73. The number of rotatable bonds is 10. The Labute approximate surface area is 120 Å². The number of nitrogen functional groups attached to an aromatic ring is 1. The fourth-order valence-electron chi connectivity index (χ4n) is 1.60. The van der Waals surface area contributed by atoms with Gasteiger partial charge in [0.2, 0.25) is 10.0 Å². The van der Waals surface area contributed by atoms with Crippen molar-refractivity contribution in [2.45, 2.75) is 12.2 Å². The van der Waals surface area contributed by atoms with Gasteiger partial charge in [-0.1, -0.05) is 12.1 Å². The van der Waals surface area contributed by atoms with Gasteiger partial charge < -0.3 is 15.2 Å². The fourth-order valence-corrected chi connectivity index (χ4v) is 2.78. The molecule has 1 aromatic carbocycles. The number of benzene rings is 1. The lowest BCUT2D eigenvalue weighted by Crippen LogP contribution is -2.27. The highest BCUT2D eigenvalue weighted by molar-refractivity contribution is 7.88. The zero-order valence-electron chi connectivity index (χ0n) is 11.7. The number of anilines is 1. The predicted octanol–water partition coefficient (Wildman–Crippen LogP) is 0.741. The van der Waals surface area contributed by atoms with Crippen LogP contribution in [0.4, 0.5) is 5.69 Å². The molecule has 0 atom stereocenters. The highest BCUT2D eigenvalue weighted by Gasteiger charge is 2.10. The number of ether oxygens (including phenoxy) is 2. The molecule has 0 aliphatic carbocycles. The van der Waals surface area contributed by atoms with Gasteiger partial charge >= 0.3 is 0 Å². The van der Waals surface area contributed by atoms with Gasteiger partial charge in [0.05, 0.1) is 19.0 Å². The van der Waals surface area contributed by atoms with E-state index >= 15 is 0 Å². The van der Waals surface area contributed by atoms with Crippen molar-refractivity contribution in [3.8, 4) is 0 Å². The molecule has 0 spiro atoms. The van der Waals surface area contributed by atoms with Crippen molar-refractivity contribution in [3.05, 3.63) is 29.8 Å². The third kappa shape index (κ3) is 7.44. The first-order valence-corrected chi connectivity index (χ1v) is 8.07. The van der Waals surface area contributed by atoms with Crippen molar-refractivity contribution in [2.24, 2.45) is 0 Å². The third-order valence-electron chi connectivity index (χ3n) is 2.53. The Morgan fingerprint density at radius 2 is 2.05 bits per heavy atom. The second kappa shape index (κ2) is 8.91. The van der Waals surface area contributed by atoms with Crippen molar-refractivity contribution in [3.63, 3.8) is 0 Å². The molecule has 0 aliphatic rings. The zero-order valence-corrected chi connectivity index (χ0v) is 12.5. The van der Waals surface area contributed by atoms with Gasteiger partial charge in [0.15, 0.2) is 0 Å². The van der Waals surface area contributed by atoms with Crippen LogP contribution in [-0.2, 0) is 25.2 Å². The van der Waals surface area contributed by atoms with Crippen LogP contribution in [0.5, 0.6) is 0 Å². The molecule has 1 rings (SSSR count). The Morgan fingerprint density at radius 1 is 1.25 bits per heavy atom. The van der Waals surface area contributed by atoms with Crippen LogP contribution < -0.4 is 10.5 Å². The minimum Gasteiger partial charge on any atom is -0.399 e. The van der Waals surface area contributed by atoms with Gasteiger partial charge in [0, 0.05) is 25.9 Å². The van der Waals surface area contributed by atoms with Crippen LogP contribution in [0.3, 0.4) is 0 Å². The predicted molar refractivity (Wildman–Crippen MR) is 78.8 cm³/mol. The second-order valence-electron chi connectivity index (χ2n) is 4.36. The van der Waals surface area contributed by atoms with E-state index in [0.29, 0.717) is 44.0 Å². The Bertz CT molecular complexity index is 491. The standard InChI is InChI=1S/C13H22N2O4S/c1-18-8-9-19-7-3-6-15-20(16,17)11-12-4-2-5-13(14)10-12/h2,4-5,10,15H,3,6-9,11,14H2,1H3. The van der Waals surface area contributed by atoms with Crippen LogP contribution in [0, 0.1) is 0 Å². The lowest BCUT2D eigenvalue weighted by atomic mass is 10.2. The van der Waals surface area contributed by atoms with Gasteiger partial charge in [-0.15, -0.1) is 0 Å². The van der Waals surface area contributed by atoms with Crippen LogP contribution in [0.2, 0.25) is 0 Å². The minimum atomic E-state index is -3.33. The summed E-state index contributed by atoms with van der Waals surface area (Å²) in [5.41, 5.74) is 6.85. The van der Waals surface area contributed by atoms with Crippen LogP contribution in [0.15, 0.2) is 24.3 Å². The Hall–Kier alpha value is -1.15. The van der Waals surface area contributed by atoms with E-state index in [9.17, 15) is 8.42 Å². The molecule has 0 aromatic heterocycles. The molecule has 0 radical (unpaired) electrons. The Kier molecular flexibility index (Phi) is 7.53. The molecule has 0 saturated heterocycles. The average molecular weight is 302 g/mol. The van der Waals surface area contributed by atoms with Gasteiger partial charge in [-0.2, -0.15) is 0 Å². The molecule has 0 unspecified atom stereocenters. The zero-order chi connectivity index (χ0) is 14.8. The molecular weight excluding hydrogens is 280 g/mol. The van der Waals surface area contributed by atoms with Gasteiger partial charge in [-0.25, -0.2) is 13.1 Å². The minimum absolute atomic E-state index is 0.0669. The molecule has 0 heterocycles. The summed E-state index contributed by atoms with van der Waals surface area (Å²) in [4.78, 5) is 0. The smallest absolute Gasteiger partial charge is 0.215 e. The van der Waals surface area contributed by atoms with Crippen LogP contribution in [0.25, 0.3) is 0 Å². The molecule has 0 fully saturated rings. The van der Waals surface area contributed by atoms with Crippen LogP contribution in [0.1, 0.15) is 12.0 Å². The Balaban J connectivity index is 2.25. The number of hydrogen-bond donors (Lipinski definition) is 2. The van der Waals surface area contributed by atoms with Gasteiger partial charge in [-0.3, -0.25) is 0 Å². The molecule has 6 nitrogen and oxygen atoms in total. The van der Waals surface area contributed by atoms with Crippen molar-refractivity contribution >= 4 is 15.7 Å². The summed E-state index contributed by atoms with van der Waals surface area (Å²) in [6.45, 7) is 1.93. The summed E-state index contributed by atoms with van der Waals surface area (Å²) in [6.07, 6.45) is 0.625. The molecule has 0 bridgehead atoms. The molecule has 0 amide bonds. The van der Waals surface area contributed by atoms with Gasteiger partial charge in [0.25, 0.3) is 0 Å². The average Bonchev–Trinajstić information content (AvgIpc) is 2.37. The monoisotopic (exact) mass is 302 g/mol. The van der Waals surface area contributed by atoms with Crippen molar-refractivity contribution in [2.75, 3.05) is 39.2 Å². The van der Waals surface area contributed by atoms with Crippen molar-refractivity contribution in [1.29, 1.82) is 0 Å². The maximum atomic E-state index is 11.8. The van der Waals surface area contributed by atoms with E-state index in [1.165, 1.54) is 0 Å². The summed E-state index contributed by atoms with van der Waals surface area (Å²) in [5.74, 6) is -0.0669. The van der Waals surface area contributed by atoms with E-state index in [2.05, 4.69) is 4.72 Å². The first-order chi connectivity index (χ1) is 9.53. The van der Waals surface area contributed by atoms with E-state index in [0.717, 1.165) is 0 Å². The number of nitrogens with two attached hydrogens (primary N) is 1. The second-order valence-corrected chi connectivity index (χ2v) is 6.16. The molecular formula is C13H22N2O4S. The largest absolute Gasteiger partial charge is 0.399 e. The van der Waals surface area contributed by atoms with E-state index in [1.54, 1.807) is 31.4 Å². The fraction of sp³-hybridized carbons (Fsp3) is 0.538. The molecule has 20 heavy (non-hydrogen) atoms. The quantitative estimate of drug-likeness (QED) is 0.491. The summed E-state index contributed by atoms with van der Waals surface area (Å²) in [6, 6.07) is 6.86. The topological polar surface area (TPSA) is 90.6 Å². The van der Waals surface area contributed by atoms with E-state index in [4.69, 9.17) is 15.2 Å². The molecule has 0 saturated carbocycles. The number of hydrogen-bond acceptors (Lipinski definition) is 5. The van der Waals surface area contributed by atoms with E-state index < -0.39 is 10.0 Å². The first-order valence-electron chi connectivity index (χ1n) is 6.42. The molecule has 7 heteroatoms. The van der Waals surface area contributed by atoms with Gasteiger partial charge in [0.1, 0.15) is 0 Å². The van der Waals surface area contributed by atoms with Crippen LogP contribution >= 0.6 is 0 Å². The lowest BCUT2D eigenvalue weighted by Gasteiger charge is -2.07. The Morgan fingerprint density at radius 3 is 2.75 bits per heavy atom. The molecule has 1 aromatic rings. The summed E-state index contributed by atoms with van der Waals surface area (Å²) >= 11 is 0. The third-order valence-corrected chi connectivity index (χ3v) is 3.88. The maximum Gasteiger partial charge on any atom is 0.215 e. The molecule has 3 N–H and O–H groups in total. The van der Waals surface area contributed by atoms with Gasteiger partial charge in [-0.05, 0) is 24.1 Å². The summed E-state index contributed by atoms with van der Waals surface area (Å²) in [5, 5.41) is 0. The highest BCUT2D eigenvalue weighted by Crippen LogP contribution is 2.09. The van der Waals surface area contributed by atoms with Crippen molar-refractivity contribution in [1.82, 2.24) is 4.72 Å². The number of nitrogens with one attached hydrogen (secondary N) is 1. The number of sulfonamides is 1. The van der Waals surface area contributed by atoms with E-state index in [-0.39, 0.29) is 5.75 Å². The SMILES string of the molecule is COCCOCCCNS(=O)(=O)Cc1cccc(N)c1. The normalized spacial score (nSPS) is 11.7. The highest BCUT2D eigenvalue weighted by atomic mass is 32.2. The first kappa shape index (κ1) is 16.9. The summed E-state index contributed by atoms with van der Waals surface area (Å²) < 4.78 is 36.3. The van der Waals surface area contributed by atoms with Crippen LogP contribution in [-0.4, -0.2) is 41.9 Å². The number of methoxy groups -OCH3 is 1.